The number of hydrogen-bond donors (Lipinski definition) is 1. The zero-order valence-electron chi connectivity index (χ0n) is 11.4. The van der Waals surface area contributed by atoms with Crippen molar-refractivity contribution < 1.29 is 4.74 Å². The lowest BCUT2D eigenvalue weighted by atomic mass is 10.2. The van der Waals surface area contributed by atoms with E-state index in [1.807, 2.05) is 35.3 Å². The number of hydrogen-bond acceptors (Lipinski definition) is 3. The molecule has 0 saturated heterocycles. The molecule has 0 aliphatic heterocycles. The third kappa shape index (κ3) is 3.41. The van der Waals surface area contributed by atoms with Crippen LogP contribution >= 0.6 is 11.6 Å². The molecule has 0 spiro atoms. The molecule has 2 rings (SSSR count). The van der Waals surface area contributed by atoms with Crippen molar-refractivity contribution >= 4 is 17.3 Å². The van der Waals surface area contributed by atoms with E-state index in [9.17, 15) is 0 Å². The maximum Gasteiger partial charge on any atom is 0.139 e. The van der Waals surface area contributed by atoms with Gasteiger partial charge in [-0.05, 0) is 26.0 Å². The summed E-state index contributed by atoms with van der Waals surface area (Å²) < 4.78 is 7.13. The monoisotopic (exact) mass is 279 g/mol. The summed E-state index contributed by atoms with van der Waals surface area (Å²) in [4.78, 5) is 0. The molecule has 1 N–H and O–H groups in total. The predicted octanol–water partition coefficient (Wildman–Crippen LogP) is 3.74. The largest absolute Gasteiger partial charge is 0.495 e. The summed E-state index contributed by atoms with van der Waals surface area (Å²) in [6.45, 7) is 4.93. The molecule has 1 heterocycles. The highest BCUT2D eigenvalue weighted by atomic mass is 35.5. The molecule has 1 aromatic heterocycles. The Morgan fingerprint density at radius 2 is 2.21 bits per heavy atom. The van der Waals surface area contributed by atoms with Gasteiger partial charge in [0.05, 0.1) is 18.3 Å². The lowest BCUT2D eigenvalue weighted by Crippen LogP contribution is -2.01. The average molecular weight is 280 g/mol. The van der Waals surface area contributed by atoms with E-state index < -0.39 is 0 Å². The molecule has 0 fully saturated rings. The molecule has 0 radical (unpaired) electrons. The molecular formula is C14H18ClN3O. The molecule has 19 heavy (non-hydrogen) atoms. The quantitative estimate of drug-likeness (QED) is 0.906. The van der Waals surface area contributed by atoms with E-state index in [1.54, 1.807) is 7.11 Å². The number of aromatic nitrogens is 2. The lowest BCUT2D eigenvalue weighted by Gasteiger charge is -2.08. The molecule has 0 unspecified atom stereocenters. The summed E-state index contributed by atoms with van der Waals surface area (Å²) in [7, 11) is 1.61. The van der Waals surface area contributed by atoms with Crippen LogP contribution in [0, 0.1) is 0 Å². The Bertz CT molecular complexity index is 551. The first-order chi connectivity index (χ1) is 9.10. The number of methoxy groups -OCH3 is 1. The van der Waals surface area contributed by atoms with Crippen molar-refractivity contribution in [2.75, 3.05) is 12.4 Å². The molecule has 0 saturated carbocycles. The Morgan fingerprint density at radius 1 is 1.42 bits per heavy atom. The highest BCUT2D eigenvalue weighted by Crippen LogP contribution is 2.27. The van der Waals surface area contributed by atoms with E-state index in [0.29, 0.717) is 16.8 Å². The second-order valence-electron chi connectivity index (χ2n) is 4.63. The fraction of sp³-hybridized carbons (Fsp3) is 0.357. The van der Waals surface area contributed by atoms with Gasteiger partial charge < -0.3 is 10.1 Å². The van der Waals surface area contributed by atoms with Gasteiger partial charge in [-0.3, -0.25) is 4.68 Å². The van der Waals surface area contributed by atoms with Crippen LogP contribution in [0.3, 0.4) is 0 Å². The molecule has 0 aliphatic rings. The van der Waals surface area contributed by atoms with Gasteiger partial charge >= 0.3 is 0 Å². The van der Waals surface area contributed by atoms with E-state index >= 15 is 0 Å². The number of anilines is 1. The number of nitrogens with one attached hydrogen (secondary N) is 1. The maximum absolute atomic E-state index is 5.99. The van der Waals surface area contributed by atoms with Crippen LogP contribution in [0.25, 0.3) is 0 Å². The third-order valence-electron chi connectivity index (χ3n) is 2.83. The SMILES string of the molecule is COc1cc(NCc2cnn(C(C)C)c2)ccc1Cl. The van der Waals surface area contributed by atoms with Crippen molar-refractivity contribution in [2.24, 2.45) is 0 Å². The molecule has 4 nitrogen and oxygen atoms in total. The topological polar surface area (TPSA) is 39.1 Å². The van der Waals surface area contributed by atoms with Crippen LogP contribution in [0.5, 0.6) is 5.75 Å². The van der Waals surface area contributed by atoms with Crippen molar-refractivity contribution in [2.45, 2.75) is 26.4 Å². The summed E-state index contributed by atoms with van der Waals surface area (Å²) in [5.41, 5.74) is 2.11. The van der Waals surface area contributed by atoms with Crippen LogP contribution in [0.2, 0.25) is 5.02 Å². The Balaban J connectivity index is 2.01. The summed E-state index contributed by atoms with van der Waals surface area (Å²) in [6.07, 6.45) is 3.92. The number of nitrogens with zero attached hydrogens (tertiary/aromatic N) is 2. The van der Waals surface area contributed by atoms with Gasteiger partial charge in [0, 0.05) is 36.1 Å². The molecule has 1 aromatic carbocycles. The van der Waals surface area contributed by atoms with E-state index in [1.165, 1.54) is 0 Å². The molecule has 5 heteroatoms. The minimum absolute atomic E-state index is 0.379. The minimum Gasteiger partial charge on any atom is -0.495 e. The highest BCUT2D eigenvalue weighted by Gasteiger charge is 2.04. The molecule has 102 valence electrons. The summed E-state index contributed by atoms with van der Waals surface area (Å²) in [5, 5.41) is 8.24. The first-order valence-electron chi connectivity index (χ1n) is 6.20. The molecule has 0 bridgehead atoms. The van der Waals surface area contributed by atoms with E-state index in [0.717, 1.165) is 17.8 Å². The molecule has 2 aromatic rings. The summed E-state index contributed by atoms with van der Waals surface area (Å²) in [5.74, 6) is 0.671. The summed E-state index contributed by atoms with van der Waals surface area (Å²) >= 11 is 5.99. The zero-order valence-corrected chi connectivity index (χ0v) is 12.1. The van der Waals surface area contributed by atoms with E-state index in [4.69, 9.17) is 16.3 Å². The fourth-order valence-corrected chi connectivity index (χ4v) is 1.92. The Kier molecular flexibility index (Phi) is 4.32. The van der Waals surface area contributed by atoms with Crippen LogP contribution < -0.4 is 10.1 Å². The van der Waals surface area contributed by atoms with Crippen LogP contribution in [0.4, 0.5) is 5.69 Å². The lowest BCUT2D eigenvalue weighted by molar-refractivity contribution is 0.415. The van der Waals surface area contributed by atoms with Gasteiger partial charge in [-0.2, -0.15) is 5.10 Å². The molecule has 0 atom stereocenters. The predicted molar refractivity (Wildman–Crippen MR) is 77.9 cm³/mol. The second kappa shape index (κ2) is 5.97. The molecule has 0 aliphatic carbocycles. The van der Waals surface area contributed by atoms with Gasteiger partial charge in [0.1, 0.15) is 5.75 Å². The van der Waals surface area contributed by atoms with Crippen LogP contribution in [0.15, 0.2) is 30.6 Å². The van der Waals surface area contributed by atoms with Crippen molar-refractivity contribution in [3.05, 3.63) is 41.2 Å². The van der Waals surface area contributed by atoms with E-state index in [-0.39, 0.29) is 0 Å². The Morgan fingerprint density at radius 3 is 2.84 bits per heavy atom. The Hall–Kier alpha value is -1.68. The van der Waals surface area contributed by atoms with Gasteiger partial charge in [0.2, 0.25) is 0 Å². The van der Waals surface area contributed by atoms with Crippen molar-refractivity contribution in [3.63, 3.8) is 0 Å². The number of halogens is 1. The van der Waals surface area contributed by atoms with Crippen molar-refractivity contribution in [3.8, 4) is 5.75 Å². The third-order valence-corrected chi connectivity index (χ3v) is 3.14. The van der Waals surface area contributed by atoms with Gasteiger partial charge in [-0.1, -0.05) is 11.6 Å². The van der Waals surface area contributed by atoms with Crippen LogP contribution in [0.1, 0.15) is 25.5 Å². The van der Waals surface area contributed by atoms with Gasteiger partial charge in [-0.25, -0.2) is 0 Å². The summed E-state index contributed by atoms with van der Waals surface area (Å²) in [6, 6.07) is 6.01. The second-order valence-corrected chi connectivity index (χ2v) is 5.03. The number of benzene rings is 1. The maximum atomic E-state index is 5.99. The first-order valence-corrected chi connectivity index (χ1v) is 6.58. The normalized spacial score (nSPS) is 10.8. The van der Waals surface area contributed by atoms with Crippen LogP contribution in [-0.4, -0.2) is 16.9 Å². The van der Waals surface area contributed by atoms with E-state index in [2.05, 4.69) is 24.3 Å². The molecular weight excluding hydrogens is 262 g/mol. The van der Waals surface area contributed by atoms with Crippen LogP contribution in [-0.2, 0) is 6.54 Å². The minimum atomic E-state index is 0.379. The standard InChI is InChI=1S/C14H18ClN3O/c1-10(2)18-9-11(8-17-18)7-16-12-4-5-13(15)14(6-12)19-3/h4-6,8-10,16H,7H2,1-3H3. The van der Waals surface area contributed by atoms with Gasteiger partial charge in [0.15, 0.2) is 0 Å². The van der Waals surface area contributed by atoms with Gasteiger partial charge in [0.25, 0.3) is 0 Å². The number of rotatable bonds is 5. The Labute approximate surface area is 118 Å². The first kappa shape index (κ1) is 13.7. The smallest absolute Gasteiger partial charge is 0.139 e. The van der Waals surface area contributed by atoms with Crippen molar-refractivity contribution in [1.29, 1.82) is 0 Å². The highest BCUT2D eigenvalue weighted by molar-refractivity contribution is 6.32. The average Bonchev–Trinajstić information content (AvgIpc) is 2.87. The molecule has 0 amide bonds. The van der Waals surface area contributed by atoms with Crippen molar-refractivity contribution in [1.82, 2.24) is 9.78 Å². The van der Waals surface area contributed by atoms with Gasteiger partial charge in [-0.15, -0.1) is 0 Å². The zero-order chi connectivity index (χ0) is 13.8. The number of ether oxygens (including phenoxy) is 1. The fourth-order valence-electron chi connectivity index (χ4n) is 1.72.